The second-order valence-corrected chi connectivity index (χ2v) is 5.66. The van der Waals surface area contributed by atoms with Crippen molar-refractivity contribution in [3.63, 3.8) is 0 Å². The van der Waals surface area contributed by atoms with Crippen molar-refractivity contribution in [3.8, 4) is 5.75 Å². The Labute approximate surface area is 139 Å². The highest BCUT2D eigenvalue weighted by Crippen LogP contribution is 2.43. The molecule has 1 aromatic carbocycles. The van der Waals surface area contributed by atoms with Crippen molar-refractivity contribution in [2.24, 2.45) is 5.92 Å². The molecule has 0 spiro atoms. The molecule has 2 heterocycles. The number of hydrogen-bond acceptors (Lipinski definition) is 5. The molecule has 2 aromatic rings. The van der Waals surface area contributed by atoms with Gasteiger partial charge < -0.3 is 9.15 Å². The lowest BCUT2D eigenvalue weighted by Gasteiger charge is -2.23. The van der Waals surface area contributed by atoms with Gasteiger partial charge in [0.2, 0.25) is 5.91 Å². The Morgan fingerprint density at radius 2 is 2.00 bits per heavy atom. The van der Waals surface area contributed by atoms with Crippen LogP contribution in [0.2, 0.25) is 0 Å². The summed E-state index contributed by atoms with van der Waals surface area (Å²) >= 11 is 0. The molecule has 1 fully saturated rings. The van der Waals surface area contributed by atoms with Gasteiger partial charge in [-0.15, -0.1) is 0 Å². The third-order valence-corrected chi connectivity index (χ3v) is 4.44. The van der Waals surface area contributed by atoms with E-state index < -0.39 is 18.0 Å². The number of ether oxygens (including phenoxy) is 1. The van der Waals surface area contributed by atoms with Crippen molar-refractivity contribution in [1.82, 2.24) is 0 Å². The summed E-state index contributed by atoms with van der Waals surface area (Å²) < 4.78 is 10.5. The molecule has 0 aliphatic carbocycles. The number of carbonyl (C=O) groups is 1. The number of rotatable bonds is 5. The molecule has 1 aliphatic heterocycles. The monoisotopic (exact) mass is 330 g/mol. The van der Waals surface area contributed by atoms with Crippen molar-refractivity contribution in [2.75, 3.05) is 12.0 Å². The Morgan fingerprint density at radius 1 is 1.29 bits per heavy atom. The Morgan fingerprint density at radius 3 is 2.50 bits per heavy atom. The molecule has 126 valence electrons. The first-order valence-electron chi connectivity index (χ1n) is 7.72. The fourth-order valence-corrected chi connectivity index (χ4v) is 3.30. The van der Waals surface area contributed by atoms with Crippen molar-refractivity contribution < 1.29 is 18.9 Å². The molecule has 1 aliphatic rings. The summed E-state index contributed by atoms with van der Waals surface area (Å²) in [5.74, 6) is 0.123. The maximum Gasteiger partial charge on any atom is 0.252 e. The number of carbonyl (C=O) groups excluding carboxylic acids is 1. The third kappa shape index (κ3) is 2.51. The van der Waals surface area contributed by atoms with Crippen LogP contribution in [0.3, 0.4) is 0 Å². The minimum Gasteiger partial charge on any atom is -0.497 e. The van der Waals surface area contributed by atoms with E-state index in [1.165, 1.54) is 11.2 Å². The van der Waals surface area contributed by atoms with E-state index in [2.05, 4.69) is 0 Å². The molecular weight excluding hydrogens is 312 g/mol. The first kappa shape index (κ1) is 16.0. The van der Waals surface area contributed by atoms with Crippen LogP contribution in [0, 0.1) is 16.0 Å². The molecule has 0 saturated carbocycles. The van der Waals surface area contributed by atoms with Crippen LogP contribution >= 0.6 is 0 Å². The van der Waals surface area contributed by atoms with E-state index in [4.69, 9.17) is 9.15 Å². The fourth-order valence-electron chi connectivity index (χ4n) is 3.30. The highest BCUT2D eigenvalue weighted by molar-refractivity contribution is 5.99. The van der Waals surface area contributed by atoms with Gasteiger partial charge in [0.15, 0.2) is 6.04 Å². The molecule has 1 saturated heterocycles. The summed E-state index contributed by atoms with van der Waals surface area (Å²) in [7, 11) is 1.55. The average Bonchev–Trinajstić information content (AvgIpc) is 3.20. The highest BCUT2D eigenvalue weighted by atomic mass is 16.6. The van der Waals surface area contributed by atoms with E-state index in [-0.39, 0.29) is 10.8 Å². The van der Waals surface area contributed by atoms with Gasteiger partial charge in [-0.25, -0.2) is 0 Å². The minimum absolute atomic E-state index is 0.259. The Balaban J connectivity index is 2.09. The van der Waals surface area contributed by atoms with Gasteiger partial charge in [0.05, 0.1) is 13.4 Å². The molecule has 24 heavy (non-hydrogen) atoms. The van der Waals surface area contributed by atoms with E-state index in [0.29, 0.717) is 23.6 Å². The fraction of sp³-hybridized carbons (Fsp3) is 0.353. The lowest BCUT2D eigenvalue weighted by molar-refractivity contribution is -0.530. The number of furan rings is 1. The molecule has 1 aromatic heterocycles. The Kier molecular flexibility index (Phi) is 4.24. The first-order valence-corrected chi connectivity index (χ1v) is 7.72. The van der Waals surface area contributed by atoms with Gasteiger partial charge >= 0.3 is 0 Å². The van der Waals surface area contributed by atoms with Crippen molar-refractivity contribution >= 4 is 11.6 Å². The largest absolute Gasteiger partial charge is 0.497 e. The standard InChI is InChI=1S/C17H18N2O5/c1-3-13-15(19(21)22)16(14-5-4-10-24-14)18(17(13)20)11-6-8-12(23-2)9-7-11/h4-10,13,15-16H,3H2,1-2H3/t13-,15-,16+/m0/s1. The van der Waals surface area contributed by atoms with Gasteiger partial charge in [0, 0.05) is 10.6 Å². The zero-order valence-electron chi connectivity index (χ0n) is 13.4. The predicted octanol–water partition coefficient (Wildman–Crippen LogP) is 3.05. The second kappa shape index (κ2) is 6.35. The maximum absolute atomic E-state index is 12.9. The van der Waals surface area contributed by atoms with E-state index in [9.17, 15) is 14.9 Å². The molecular formula is C17H18N2O5. The zero-order chi connectivity index (χ0) is 17.3. The Bertz CT molecular complexity index is 726. The van der Waals surface area contributed by atoms with E-state index in [1.807, 2.05) is 0 Å². The van der Waals surface area contributed by atoms with Gasteiger partial charge in [-0.05, 0) is 42.8 Å². The van der Waals surface area contributed by atoms with Gasteiger partial charge in [-0.2, -0.15) is 0 Å². The van der Waals surface area contributed by atoms with Crippen molar-refractivity contribution in [1.29, 1.82) is 0 Å². The molecule has 3 atom stereocenters. The molecule has 0 unspecified atom stereocenters. The van der Waals surface area contributed by atoms with Gasteiger partial charge in [0.1, 0.15) is 17.4 Å². The van der Waals surface area contributed by atoms with E-state index in [0.717, 1.165) is 0 Å². The van der Waals surface area contributed by atoms with Crippen LogP contribution in [0.4, 0.5) is 5.69 Å². The lowest BCUT2D eigenvalue weighted by Crippen LogP contribution is -2.33. The summed E-state index contributed by atoms with van der Waals surface area (Å²) in [6.07, 6.45) is 1.86. The normalized spacial score (nSPS) is 23.5. The molecule has 1 amide bonds. The smallest absolute Gasteiger partial charge is 0.252 e. The molecule has 0 radical (unpaired) electrons. The van der Waals surface area contributed by atoms with Crippen molar-refractivity contribution in [2.45, 2.75) is 25.4 Å². The van der Waals surface area contributed by atoms with Gasteiger partial charge in [0.25, 0.3) is 6.04 Å². The summed E-state index contributed by atoms with van der Waals surface area (Å²) in [4.78, 5) is 25.6. The minimum atomic E-state index is -1.05. The number of amides is 1. The molecule has 7 heteroatoms. The Hall–Kier alpha value is -2.83. The summed E-state index contributed by atoms with van der Waals surface area (Å²) in [6.45, 7) is 1.79. The number of hydrogen-bond donors (Lipinski definition) is 0. The van der Waals surface area contributed by atoms with Gasteiger partial charge in [-0.3, -0.25) is 19.8 Å². The predicted molar refractivity (Wildman–Crippen MR) is 86.5 cm³/mol. The van der Waals surface area contributed by atoms with E-state index in [1.54, 1.807) is 50.4 Å². The van der Waals surface area contributed by atoms with Crippen LogP contribution in [-0.2, 0) is 4.79 Å². The highest BCUT2D eigenvalue weighted by Gasteiger charge is 2.56. The maximum atomic E-state index is 12.9. The van der Waals surface area contributed by atoms with Gasteiger partial charge in [-0.1, -0.05) is 6.92 Å². The molecule has 0 N–H and O–H groups in total. The third-order valence-electron chi connectivity index (χ3n) is 4.44. The SMILES string of the molecule is CC[C@@H]1C(=O)N(c2ccc(OC)cc2)[C@H](c2ccco2)[C@H]1[N+](=O)[O-]. The van der Waals surface area contributed by atoms with E-state index >= 15 is 0 Å². The number of anilines is 1. The number of methoxy groups -OCH3 is 1. The van der Waals surface area contributed by atoms with Crippen LogP contribution in [0.1, 0.15) is 25.1 Å². The summed E-state index contributed by atoms with van der Waals surface area (Å²) in [6, 6.07) is 8.43. The molecule has 7 nitrogen and oxygen atoms in total. The summed E-state index contributed by atoms with van der Waals surface area (Å²) in [5, 5.41) is 11.7. The quantitative estimate of drug-likeness (QED) is 0.621. The van der Waals surface area contributed by atoms with Crippen LogP contribution in [0.15, 0.2) is 47.1 Å². The van der Waals surface area contributed by atoms with Crippen LogP contribution < -0.4 is 9.64 Å². The lowest BCUT2D eigenvalue weighted by atomic mass is 9.95. The topological polar surface area (TPSA) is 85.8 Å². The van der Waals surface area contributed by atoms with Crippen LogP contribution in [-0.4, -0.2) is 24.0 Å². The number of benzene rings is 1. The number of nitro groups is 1. The molecule has 3 rings (SSSR count). The van der Waals surface area contributed by atoms with Crippen molar-refractivity contribution in [3.05, 3.63) is 58.5 Å². The number of nitrogens with zero attached hydrogens (tertiary/aromatic N) is 2. The first-order chi connectivity index (χ1) is 11.6. The van der Waals surface area contributed by atoms with Crippen LogP contribution in [0.5, 0.6) is 5.75 Å². The molecule has 0 bridgehead atoms. The summed E-state index contributed by atoms with van der Waals surface area (Å²) in [5.41, 5.74) is 0.588. The van der Waals surface area contributed by atoms with Crippen LogP contribution in [0.25, 0.3) is 0 Å². The second-order valence-electron chi connectivity index (χ2n) is 5.66. The zero-order valence-corrected chi connectivity index (χ0v) is 13.4. The average molecular weight is 330 g/mol.